The molecule has 1 saturated heterocycles. The highest BCUT2D eigenvalue weighted by molar-refractivity contribution is 5.78. The number of nitrogens with one attached hydrogen (secondary N) is 1. The normalized spacial score (nSPS) is 22.2. The molecule has 2 N–H and O–H groups in total. The molecule has 21 heavy (non-hydrogen) atoms. The third-order valence-electron chi connectivity index (χ3n) is 5.42. The van der Waals surface area contributed by atoms with Gasteiger partial charge in [-0.25, -0.2) is 0 Å². The van der Waals surface area contributed by atoms with Gasteiger partial charge in [-0.1, -0.05) is 26.7 Å². The van der Waals surface area contributed by atoms with Crippen molar-refractivity contribution in [1.82, 2.24) is 10.2 Å². The maximum atomic E-state index is 11.5. The van der Waals surface area contributed by atoms with Crippen LogP contribution in [-0.4, -0.2) is 47.2 Å². The van der Waals surface area contributed by atoms with Crippen molar-refractivity contribution < 1.29 is 9.90 Å². The molecule has 0 aromatic heterocycles. The lowest BCUT2D eigenvalue weighted by atomic mass is 9.74. The Labute approximate surface area is 130 Å². The van der Waals surface area contributed by atoms with Gasteiger partial charge in [-0.05, 0) is 58.5 Å². The van der Waals surface area contributed by atoms with Gasteiger partial charge in [0.05, 0.1) is 0 Å². The quantitative estimate of drug-likeness (QED) is 0.723. The molecule has 0 spiro atoms. The van der Waals surface area contributed by atoms with Crippen LogP contribution in [0.1, 0.15) is 66.7 Å². The minimum Gasteiger partial charge on any atom is -0.480 e. The van der Waals surface area contributed by atoms with Crippen molar-refractivity contribution in [2.24, 2.45) is 5.41 Å². The molecule has 1 rings (SSSR count). The van der Waals surface area contributed by atoms with E-state index in [0.717, 1.165) is 19.6 Å². The molecular weight excluding hydrogens is 264 g/mol. The number of hydrogen-bond donors (Lipinski definition) is 2. The van der Waals surface area contributed by atoms with Crippen LogP contribution in [0.5, 0.6) is 0 Å². The first-order valence-electron chi connectivity index (χ1n) is 8.50. The lowest BCUT2D eigenvalue weighted by Gasteiger charge is -2.42. The molecule has 4 heteroatoms. The Morgan fingerprint density at radius 2 is 1.81 bits per heavy atom. The van der Waals surface area contributed by atoms with Gasteiger partial charge in [-0.2, -0.15) is 0 Å². The molecule has 1 aliphatic heterocycles. The second-order valence-electron chi connectivity index (χ2n) is 7.24. The van der Waals surface area contributed by atoms with Gasteiger partial charge in [0, 0.05) is 12.6 Å². The third kappa shape index (κ3) is 4.96. The van der Waals surface area contributed by atoms with Crippen molar-refractivity contribution in [3.05, 3.63) is 0 Å². The molecule has 0 amide bonds. The summed E-state index contributed by atoms with van der Waals surface area (Å²) in [5.41, 5.74) is -0.291. The van der Waals surface area contributed by atoms with Gasteiger partial charge in [-0.3, -0.25) is 10.1 Å². The van der Waals surface area contributed by atoms with E-state index >= 15 is 0 Å². The van der Waals surface area contributed by atoms with Crippen LogP contribution in [0, 0.1) is 5.41 Å². The molecule has 0 radical (unpaired) electrons. The number of nitrogens with zero attached hydrogens (tertiary/aromatic N) is 1. The zero-order valence-electron chi connectivity index (χ0n) is 14.5. The van der Waals surface area contributed by atoms with Gasteiger partial charge < -0.3 is 10.0 Å². The topological polar surface area (TPSA) is 52.6 Å². The Balaban J connectivity index is 2.50. The zero-order valence-corrected chi connectivity index (χ0v) is 14.5. The molecule has 1 fully saturated rings. The maximum Gasteiger partial charge on any atom is 0.323 e. The molecule has 1 heterocycles. The number of hydrogen-bond acceptors (Lipinski definition) is 3. The molecule has 1 aliphatic rings. The SMILES string of the molecule is CCC1(CC)CCN(CCC(C)(NC(C)C)C(=O)O)CC1. The zero-order chi connectivity index (χ0) is 16.1. The summed E-state index contributed by atoms with van der Waals surface area (Å²) in [5, 5.41) is 12.7. The van der Waals surface area contributed by atoms with E-state index < -0.39 is 11.5 Å². The number of carboxylic acid groups (broad SMARTS) is 1. The summed E-state index contributed by atoms with van der Waals surface area (Å²) >= 11 is 0. The fourth-order valence-electron chi connectivity index (χ4n) is 3.47. The predicted octanol–water partition coefficient (Wildman–Crippen LogP) is 3.12. The van der Waals surface area contributed by atoms with E-state index in [4.69, 9.17) is 0 Å². The monoisotopic (exact) mass is 298 g/mol. The van der Waals surface area contributed by atoms with E-state index in [9.17, 15) is 9.90 Å². The summed E-state index contributed by atoms with van der Waals surface area (Å²) in [6.45, 7) is 13.5. The second kappa shape index (κ2) is 7.59. The van der Waals surface area contributed by atoms with Gasteiger partial charge in [-0.15, -0.1) is 0 Å². The maximum absolute atomic E-state index is 11.5. The van der Waals surface area contributed by atoms with Gasteiger partial charge in [0.2, 0.25) is 0 Å². The fraction of sp³-hybridized carbons (Fsp3) is 0.941. The van der Waals surface area contributed by atoms with E-state index in [1.165, 1.54) is 25.7 Å². The Morgan fingerprint density at radius 1 is 1.29 bits per heavy atom. The molecule has 1 unspecified atom stereocenters. The molecule has 124 valence electrons. The Bertz CT molecular complexity index is 330. The number of rotatable bonds is 8. The number of likely N-dealkylation sites (tertiary alicyclic amines) is 1. The number of aliphatic carboxylic acids is 1. The first kappa shape index (κ1) is 18.4. The van der Waals surface area contributed by atoms with Gasteiger partial charge in [0.1, 0.15) is 5.54 Å². The number of carboxylic acids is 1. The standard InChI is InChI=1S/C17H34N2O2/c1-6-17(7-2)9-12-19(13-10-17)11-8-16(5,15(20)21)18-14(3)4/h14,18H,6-13H2,1-5H3,(H,20,21). The van der Waals surface area contributed by atoms with Crippen LogP contribution < -0.4 is 5.32 Å². The van der Waals surface area contributed by atoms with E-state index in [1.807, 2.05) is 20.8 Å². The lowest BCUT2D eigenvalue weighted by Crippen LogP contribution is -2.54. The highest BCUT2D eigenvalue weighted by atomic mass is 16.4. The number of piperidine rings is 1. The molecule has 1 atom stereocenters. The van der Waals surface area contributed by atoms with Crippen LogP contribution in [-0.2, 0) is 4.79 Å². The summed E-state index contributed by atoms with van der Waals surface area (Å²) in [6, 6.07) is 0.181. The fourth-order valence-corrected chi connectivity index (χ4v) is 3.47. The first-order chi connectivity index (χ1) is 9.77. The number of carbonyl (C=O) groups is 1. The summed E-state index contributed by atoms with van der Waals surface area (Å²) in [5.74, 6) is -0.746. The van der Waals surface area contributed by atoms with Crippen molar-refractivity contribution in [1.29, 1.82) is 0 Å². The molecule has 0 aromatic carbocycles. The smallest absolute Gasteiger partial charge is 0.323 e. The predicted molar refractivity (Wildman–Crippen MR) is 87.6 cm³/mol. The summed E-state index contributed by atoms with van der Waals surface area (Å²) in [4.78, 5) is 14.0. The molecule has 0 aromatic rings. The lowest BCUT2D eigenvalue weighted by molar-refractivity contribution is -0.145. The van der Waals surface area contributed by atoms with E-state index in [0.29, 0.717) is 11.8 Å². The molecule has 0 saturated carbocycles. The van der Waals surface area contributed by atoms with Gasteiger partial charge >= 0.3 is 5.97 Å². The Kier molecular flexibility index (Phi) is 6.67. The van der Waals surface area contributed by atoms with E-state index in [2.05, 4.69) is 24.1 Å². The largest absolute Gasteiger partial charge is 0.480 e. The molecular formula is C17H34N2O2. The third-order valence-corrected chi connectivity index (χ3v) is 5.42. The average molecular weight is 298 g/mol. The van der Waals surface area contributed by atoms with Crippen molar-refractivity contribution in [3.8, 4) is 0 Å². The molecule has 4 nitrogen and oxygen atoms in total. The molecule has 0 aliphatic carbocycles. The van der Waals surface area contributed by atoms with Crippen molar-refractivity contribution in [2.75, 3.05) is 19.6 Å². The van der Waals surface area contributed by atoms with Gasteiger partial charge in [0.15, 0.2) is 0 Å². The van der Waals surface area contributed by atoms with Crippen LogP contribution in [0.25, 0.3) is 0 Å². The summed E-state index contributed by atoms with van der Waals surface area (Å²) in [6.07, 6.45) is 5.69. The average Bonchev–Trinajstić information content (AvgIpc) is 2.45. The van der Waals surface area contributed by atoms with E-state index in [-0.39, 0.29) is 6.04 Å². The van der Waals surface area contributed by atoms with Crippen molar-refractivity contribution in [2.45, 2.75) is 78.3 Å². The highest BCUT2D eigenvalue weighted by Crippen LogP contribution is 2.37. The second-order valence-corrected chi connectivity index (χ2v) is 7.24. The van der Waals surface area contributed by atoms with Gasteiger partial charge in [0.25, 0.3) is 0 Å². The summed E-state index contributed by atoms with van der Waals surface area (Å²) < 4.78 is 0. The minimum atomic E-state index is -0.821. The van der Waals surface area contributed by atoms with Crippen molar-refractivity contribution in [3.63, 3.8) is 0 Å². The summed E-state index contributed by atoms with van der Waals surface area (Å²) in [7, 11) is 0. The van der Waals surface area contributed by atoms with Crippen LogP contribution in [0.2, 0.25) is 0 Å². The van der Waals surface area contributed by atoms with Crippen LogP contribution in [0.4, 0.5) is 0 Å². The van der Waals surface area contributed by atoms with Crippen LogP contribution in [0.3, 0.4) is 0 Å². The first-order valence-corrected chi connectivity index (χ1v) is 8.50. The van der Waals surface area contributed by atoms with Crippen LogP contribution in [0.15, 0.2) is 0 Å². The van der Waals surface area contributed by atoms with Crippen molar-refractivity contribution >= 4 is 5.97 Å². The molecule has 0 bridgehead atoms. The van der Waals surface area contributed by atoms with Crippen LogP contribution >= 0.6 is 0 Å². The Morgan fingerprint density at radius 3 is 2.19 bits per heavy atom. The Hall–Kier alpha value is -0.610. The van der Waals surface area contributed by atoms with E-state index in [1.54, 1.807) is 0 Å². The minimum absolute atomic E-state index is 0.181. The highest BCUT2D eigenvalue weighted by Gasteiger charge is 2.35.